The summed E-state index contributed by atoms with van der Waals surface area (Å²) in [7, 11) is 0. The molecule has 9 heteroatoms. The van der Waals surface area contributed by atoms with Crippen molar-refractivity contribution in [3.63, 3.8) is 0 Å². The number of carbonyl (C=O) groups excluding carboxylic acids is 1. The Kier molecular flexibility index (Phi) is 7.21. The summed E-state index contributed by atoms with van der Waals surface area (Å²) in [6.07, 6.45) is 2.09. The van der Waals surface area contributed by atoms with Gasteiger partial charge in [0.1, 0.15) is 6.10 Å². The molecule has 1 N–H and O–H groups in total. The van der Waals surface area contributed by atoms with E-state index in [1.165, 1.54) is 6.42 Å². The van der Waals surface area contributed by atoms with E-state index >= 15 is 0 Å². The van der Waals surface area contributed by atoms with Crippen molar-refractivity contribution in [2.24, 2.45) is 17.8 Å². The predicted molar refractivity (Wildman–Crippen MR) is 137 cm³/mol. The smallest absolute Gasteiger partial charge is 0.236 e. The predicted octanol–water partition coefficient (Wildman–Crippen LogP) is 4.75. The summed E-state index contributed by atoms with van der Waals surface area (Å²) >= 11 is 18.5. The van der Waals surface area contributed by atoms with Crippen molar-refractivity contribution in [1.29, 1.82) is 0 Å². The minimum atomic E-state index is -0.434. The van der Waals surface area contributed by atoms with E-state index in [4.69, 9.17) is 39.5 Å². The van der Waals surface area contributed by atoms with Gasteiger partial charge < -0.3 is 14.7 Å². The number of amides is 1. The van der Waals surface area contributed by atoms with Gasteiger partial charge in [0.25, 0.3) is 0 Å². The Bertz CT molecular complexity index is 1080. The number of aliphatic hydroxyl groups excluding tert-OH is 1. The quantitative estimate of drug-likeness (QED) is 0.551. The molecule has 1 aromatic carbocycles. The minimum absolute atomic E-state index is 0.0354. The summed E-state index contributed by atoms with van der Waals surface area (Å²) in [4.78, 5) is 21.8. The highest BCUT2D eigenvalue weighted by molar-refractivity contribution is 6.42. The van der Waals surface area contributed by atoms with Crippen molar-refractivity contribution >= 4 is 40.7 Å². The lowest BCUT2D eigenvalue weighted by Gasteiger charge is -2.30. The van der Waals surface area contributed by atoms with Gasteiger partial charge in [-0.15, -0.1) is 0 Å². The van der Waals surface area contributed by atoms with Crippen LogP contribution in [0.5, 0.6) is 5.88 Å². The zero-order chi connectivity index (χ0) is 24.9. The maximum Gasteiger partial charge on any atom is 0.236 e. The van der Waals surface area contributed by atoms with E-state index in [0.717, 1.165) is 12.1 Å². The number of halogens is 3. The van der Waals surface area contributed by atoms with Crippen LogP contribution in [0.2, 0.25) is 15.1 Å². The van der Waals surface area contributed by atoms with Crippen molar-refractivity contribution in [2.45, 2.75) is 44.4 Å². The maximum atomic E-state index is 13.4. The number of likely N-dealkylation sites (tertiary alicyclic amines) is 2. The molecule has 1 aromatic heterocycles. The van der Waals surface area contributed by atoms with E-state index in [1.54, 1.807) is 24.4 Å². The molecule has 0 bridgehead atoms. The zero-order valence-electron chi connectivity index (χ0n) is 19.8. The summed E-state index contributed by atoms with van der Waals surface area (Å²) in [6.45, 7) is 6.20. The molecule has 3 heterocycles. The molecule has 1 aliphatic carbocycles. The molecule has 1 amide bonds. The Morgan fingerprint density at radius 1 is 1.14 bits per heavy atom. The second-order valence-electron chi connectivity index (χ2n) is 10.2. The fourth-order valence-corrected chi connectivity index (χ4v) is 6.43. The topological polar surface area (TPSA) is 65.9 Å². The molecule has 2 saturated heterocycles. The van der Waals surface area contributed by atoms with E-state index in [2.05, 4.69) is 9.88 Å². The summed E-state index contributed by atoms with van der Waals surface area (Å²) in [5.41, 5.74) is 1.03. The van der Waals surface area contributed by atoms with E-state index in [9.17, 15) is 9.90 Å². The molecule has 7 unspecified atom stereocenters. The number of ether oxygens (including phenoxy) is 1. The standard InChI is InChI=1S/C26H30Cl3N3O3/c1-14(33)26-19-7-17(19)10-32(26)13-25(34)31-11-20(15(2)35-24-6-4-18(27)9-30-24)21(12-31)16-3-5-22(28)23(29)8-16/h3-6,8-9,14-15,17,19-21,26,33H,7,10-13H2,1-2H3. The highest BCUT2D eigenvalue weighted by Crippen LogP contribution is 2.50. The molecular formula is C26H30Cl3N3O3. The highest BCUT2D eigenvalue weighted by atomic mass is 35.5. The average Bonchev–Trinajstić information content (AvgIpc) is 3.26. The molecule has 6 nitrogen and oxygen atoms in total. The zero-order valence-corrected chi connectivity index (χ0v) is 22.0. The van der Waals surface area contributed by atoms with Crippen LogP contribution in [0.25, 0.3) is 0 Å². The van der Waals surface area contributed by atoms with Crippen molar-refractivity contribution < 1.29 is 14.6 Å². The second kappa shape index (κ2) is 10.1. The number of nitrogens with zero attached hydrogens (tertiary/aromatic N) is 3. The highest BCUT2D eigenvalue weighted by Gasteiger charge is 2.54. The Labute approximate surface area is 221 Å². The number of pyridine rings is 1. The molecular weight excluding hydrogens is 509 g/mol. The van der Waals surface area contributed by atoms with E-state index in [-0.39, 0.29) is 29.9 Å². The SMILES string of the molecule is CC(O)C1C2CC2CN1CC(=O)N1CC(c2ccc(Cl)c(Cl)c2)C(C(C)Oc2ccc(Cl)cn2)C1. The van der Waals surface area contributed by atoms with E-state index in [0.29, 0.717) is 52.4 Å². The van der Waals surface area contributed by atoms with Crippen LogP contribution < -0.4 is 4.74 Å². The molecule has 35 heavy (non-hydrogen) atoms. The average molecular weight is 539 g/mol. The third kappa shape index (κ3) is 5.28. The Morgan fingerprint density at radius 3 is 2.63 bits per heavy atom. The summed E-state index contributed by atoms with van der Waals surface area (Å²) < 4.78 is 6.18. The third-order valence-corrected chi connectivity index (χ3v) is 8.80. The van der Waals surface area contributed by atoms with Crippen molar-refractivity contribution in [2.75, 3.05) is 26.2 Å². The van der Waals surface area contributed by atoms with Crippen molar-refractivity contribution in [3.05, 3.63) is 57.2 Å². The number of aliphatic hydroxyl groups is 1. The van der Waals surface area contributed by atoms with E-state index < -0.39 is 6.10 Å². The van der Waals surface area contributed by atoms with Crippen LogP contribution in [0.1, 0.15) is 31.7 Å². The van der Waals surface area contributed by atoms with Crippen LogP contribution in [0.3, 0.4) is 0 Å². The number of fused-ring (bicyclic) bond motifs is 1. The van der Waals surface area contributed by atoms with Gasteiger partial charge >= 0.3 is 0 Å². The Hall–Kier alpha value is -1.57. The molecule has 3 aliphatic rings. The number of rotatable bonds is 7. The lowest BCUT2D eigenvalue weighted by Crippen LogP contribution is -2.47. The number of aromatic nitrogens is 1. The summed E-state index contributed by atoms with van der Waals surface area (Å²) in [6, 6.07) is 9.24. The van der Waals surface area contributed by atoms with Gasteiger partial charge in [-0.05, 0) is 55.9 Å². The first-order valence-corrected chi connectivity index (χ1v) is 13.3. The molecule has 0 radical (unpaired) electrons. The first-order valence-electron chi connectivity index (χ1n) is 12.1. The first kappa shape index (κ1) is 25.1. The van der Waals surface area contributed by atoms with Crippen LogP contribution >= 0.6 is 34.8 Å². The van der Waals surface area contributed by atoms with Gasteiger partial charge in [0.2, 0.25) is 11.8 Å². The van der Waals surface area contributed by atoms with Gasteiger partial charge in [-0.25, -0.2) is 4.98 Å². The van der Waals surface area contributed by atoms with Gasteiger partial charge in [0.15, 0.2) is 0 Å². The molecule has 1 saturated carbocycles. The van der Waals surface area contributed by atoms with E-state index in [1.807, 2.05) is 30.9 Å². The summed E-state index contributed by atoms with van der Waals surface area (Å²) in [5.74, 6) is 1.80. The monoisotopic (exact) mass is 537 g/mol. The van der Waals surface area contributed by atoms with Crippen LogP contribution in [0, 0.1) is 17.8 Å². The Morgan fingerprint density at radius 2 is 1.94 bits per heavy atom. The number of carbonyl (C=O) groups is 1. The lowest BCUT2D eigenvalue weighted by molar-refractivity contribution is -0.132. The van der Waals surface area contributed by atoms with Gasteiger partial charge in [-0.3, -0.25) is 9.69 Å². The van der Waals surface area contributed by atoms with Crippen LogP contribution in [-0.4, -0.2) is 70.2 Å². The molecule has 7 atom stereocenters. The minimum Gasteiger partial charge on any atom is -0.474 e. The molecule has 3 fully saturated rings. The van der Waals surface area contributed by atoms with Gasteiger partial charge in [-0.1, -0.05) is 40.9 Å². The first-order chi connectivity index (χ1) is 16.7. The molecule has 2 aromatic rings. The van der Waals surface area contributed by atoms with Crippen molar-refractivity contribution in [3.8, 4) is 5.88 Å². The van der Waals surface area contributed by atoms with Crippen LogP contribution in [0.15, 0.2) is 36.5 Å². The van der Waals surface area contributed by atoms with Crippen LogP contribution in [0.4, 0.5) is 0 Å². The fourth-order valence-electron chi connectivity index (χ4n) is 6.01. The number of hydrogen-bond acceptors (Lipinski definition) is 5. The van der Waals surface area contributed by atoms with Gasteiger partial charge in [-0.2, -0.15) is 0 Å². The number of benzene rings is 1. The fraction of sp³-hybridized carbons (Fsp3) is 0.538. The van der Waals surface area contributed by atoms with Crippen molar-refractivity contribution in [1.82, 2.24) is 14.8 Å². The molecule has 2 aliphatic heterocycles. The lowest BCUT2D eigenvalue weighted by atomic mass is 9.86. The largest absolute Gasteiger partial charge is 0.474 e. The number of piperidine rings is 1. The molecule has 0 spiro atoms. The third-order valence-electron chi connectivity index (χ3n) is 7.84. The summed E-state index contributed by atoms with van der Waals surface area (Å²) in [5, 5.41) is 11.8. The Balaban J connectivity index is 1.33. The molecule has 5 rings (SSSR count). The molecule has 188 valence electrons. The second-order valence-corrected chi connectivity index (χ2v) is 11.5. The van der Waals surface area contributed by atoms with Crippen LogP contribution in [-0.2, 0) is 4.79 Å². The van der Waals surface area contributed by atoms with Gasteiger partial charge in [0.05, 0.1) is 27.7 Å². The van der Waals surface area contributed by atoms with Gasteiger partial charge in [0, 0.05) is 49.8 Å². The number of hydrogen-bond donors (Lipinski definition) is 1. The normalized spacial score (nSPS) is 29.7. The maximum absolute atomic E-state index is 13.4.